The quantitative estimate of drug-likeness (QED) is 0.476. The number of nitrogens with one attached hydrogen (secondary N) is 3. The minimum atomic E-state index is -1.28. The van der Waals surface area contributed by atoms with Crippen LogP contribution in [0.3, 0.4) is 0 Å². The highest BCUT2D eigenvalue weighted by molar-refractivity contribution is 7.14. The van der Waals surface area contributed by atoms with Crippen molar-refractivity contribution in [2.24, 2.45) is 0 Å². The average molecular weight is 422 g/mol. The number of thiophene rings is 1. The normalized spacial score (nSPS) is 11.6. The Morgan fingerprint density at radius 3 is 2.69 bits per heavy atom. The maximum atomic E-state index is 12.6. The van der Waals surface area contributed by atoms with Crippen LogP contribution in [-0.2, 0) is 9.47 Å². The van der Waals surface area contributed by atoms with Crippen molar-refractivity contribution >= 4 is 40.1 Å². The zero-order valence-corrected chi connectivity index (χ0v) is 16.9. The molecule has 0 aromatic carbocycles. The Hall–Kier alpha value is -3.02. The lowest BCUT2D eigenvalue weighted by Gasteiger charge is -2.16. The Morgan fingerprint density at radius 2 is 2.00 bits per heavy atom. The third-order valence-corrected chi connectivity index (χ3v) is 4.15. The van der Waals surface area contributed by atoms with Crippen LogP contribution in [0, 0.1) is 0 Å². The summed E-state index contributed by atoms with van der Waals surface area (Å²) in [5, 5.41) is 19.0. The number of amides is 3. The van der Waals surface area contributed by atoms with Crippen molar-refractivity contribution in [3.05, 3.63) is 40.9 Å². The summed E-state index contributed by atoms with van der Waals surface area (Å²) in [6, 6.07) is 4.38. The smallest absolute Gasteiger partial charge is 0.414 e. The number of nitrogens with zero attached hydrogens (tertiary/aromatic N) is 1. The molecule has 0 bridgehead atoms. The number of aliphatic hydroxyl groups is 1. The van der Waals surface area contributed by atoms with Gasteiger partial charge in [-0.15, -0.1) is 11.3 Å². The highest BCUT2D eigenvalue weighted by Gasteiger charge is 2.19. The minimum absolute atomic E-state index is 0.127. The fourth-order valence-electron chi connectivity index (χ4n) is 2.16. The lowest BCUT2D eigenvalue weighted by atomic mass is 10.2. The van der Waals surface area contributed by atoms with Gasteiger partial charge in [-0.1, -0.05) is 0 Å². The molecule has 0 saturated heterocycles. The van der Waals surface area contributed by atoms with E-state index in [0.717, 1.165) is 11.3 Å². The number of carbonyl (C=O) groups is 3. The van der Waals surface area contributed by atoms with Crippen LogP contribution in [0.15, 0.2) is 29.8 Å². The summed E-state index contributed by atoms with van der Waals surface area (Å²) >= 11 is 1.13. The van der Waals surface area contributed by atoms with Gasteiger partial charge >= 0.3 is 6.09 Å². The molecular weight excluding hydrogens is 400 g/mol. The lowest BCUT2D eigenvalue weighted by molar-refractivity contribution is -0.106. The third kappa shape index (κ3) is 6.82. The topological polar surface area (TPSA) is 139 Å². The number of hydrogen-bond donors (Lipinski definition) is 4. The molecule has 0 radical (unpaired) electrons. The van der Waals surface area contributed by atoms with Gasteiger partial charge in [0.05, 0.1) is 18.3 Å². The van der Waals surface area contributed by atoms with Crippen molar-refractivity contribution < 1.29 is 29.0 Å². The van der Waals surface area contributed by atoms with Crippen LogP contribution in [0.1, 0.15) is 41.5 Å². The van der Waals surface area contributed by atoms with E-state index in [-0.39, 0.29) is 34.7 Å². The van der Waals surface area contributed by atoms with E-state index >= 15 is 0 Å². The van der Waals surface area contributed by atoms with Gasteiger partial charge in [0.25, 0.3) is 11.8 Å². The molecule has 3 amide bonds. The largest absolute Gasteiger partial charge is 0.450 e. The van der Waals surface area contributed by atoms with Crippen LogP contribution < -0.4 is 16.0 Å². The Morgan fingerprint density at radius 1 is 1.24 bits per heavy atom. The minimum Gasteiger partial charge on any atom is -0.450 e. The van der Waals surface area contributed by atoms with Gasteiger partial charge in [0.2, 0.25) is 6.41 Å². The molecule has 4 N–H and O–H groups in total. The molecule has 0 fully saturated rings. The molecule has 1 atom stereocenters. The van der Waals surface area contributed by atoms with Crippen molar-refractivity contribution in [3.63, 3.8) is 0 Å². The number of anilines is 2. The van der Waals surface area contributed by atoms with Gasteiger partial charge in [0.15, 0.2) is 0 Å². The molecule has 2 heterocycles. The van der Waals surface area contributed by atoms with Gasteiger partial charge in [0, 0.05) is 11.8 Å². The Kier molecular flexibility index (Phi) is 8.07. The van der Waals surface area contributed by atoms with Crippen molar-refractivity contribution in [3.8, 4) is 0 Å². The first kappa shape index (κ1) is 22.3. The van der Waals surface area contributed by atoms with Crippen LogP contribution in [-0.4, -0.2) is 47.1 Å². The highest BCUT2D eigenvalue weighted by atomic mass is 32.1. The lowest BCUT2D eigenvalue weighted by Crippen LogP contribution is -2.31. The number of imide groups is 1. The average Bonchev–Trinajstić information content (AvgIpc) is 3.09. The van der Waals surface area contributed by atoms with Crippen LogP contribution in [0.5, 0.6) is 0 Å². The second-order valence-corrected chi connectivity index (χ2v) is 6.82. The summed E-state index contributed by atoms with van der Waals surface area (Å²) < 4.78 is 9.82. The molecule has 0 spiro atoms. The molecule has 2 aromatic heterocycles. The summed E-state index contributed by atoms with van der Waals surface area (Å²) in [5.41, 5.74) is 0.369. The first-order valence-corrected chi connectivity index (χ1v) is 9.61. The van der Waals surface area contributed by atoms with E-state index in [9.17, 15) is 19.5 Å². The summed E-state index contributed by atoms with van der Waals surface area (Å²) in [5.74, 6) is -0.953. The summed E-state index contributed by atoms with van der Waals surface area (Å²) in [4.78, 5) is 40.2. The first-order valence-electron chi connectivity index (χ1n) is 8.73. The molecule has 2 aromatic rings. The van der Waals surface area contributed by atoms with Crippen molar-refractivity contribution in [1.82, 2.24) is 10.3 Å². The van der Waals surface area contributed by atoms with E-state index in [1.807, 2.05) is 0 Å². The zero-order valence-electron chi connectivity index (χ0n) is 16.1. The number of pyridine rings is 1. The monoisotopic (exact) mass is 422 g/mol. The third-order valence-electron chi connectivity index (χ3n) is 3.32. The standard InChI is InChI=1S/C18H22N4O6S/c1-4-27-17(25)22-15(24)12-6-8-29-16(12)21-14(23)11-5-7-19-13(9-11)20-18(26)28-10(2)3/h5-10,18,26H,4H2,1-3H3,(H,19,20)(H,21,23)(H,22,24,25). The number of hydrogen-bond acceptors (Lipinski definition) is 9. The second kappa shape index (κ2) is 10.5. The van der Waals surface area contributed by atoms with Crippen LogP contribution >= 0.6 is 11.3 Å². The fourth-order valence-corrected chi connectivity index (χ4v) is 2.94. The van der Waals surface area contributed by atoms with E-state index in [1.54, 1.807) is 26.2 Å². The number of alkyl carbamates (subject to hydrolysis) is 1. The van der Waals surface area contributed by atoms with Crippen LogP contribution in [0.2, 0.25) is 0 Å². The Balaban J connectivity index is 2.06. The first-order chi connectivity index (χ1) is 13.8. The predicted octanol–water partition coefficient (Wildman–Crippen LogP) is 2.39. The van der Waals surface area contributed by atoms with Crippen LogP contribution in [0.4, 0.5) is 15.6 Å². The van der Waals surface area contributed by atoms with Gasteiger partial charge in [-0.2, -0.15) is 0 Å². The zero-order chi connectivity index (χ0) is 21.4. The van der Waals surface area contributed by atoms with E-state index < -0.39 is 24.3 Å². The highest BCUT2D eigenvalue weighted by Crippen LogP contribution is 2.24. The van der Waals surface area contributed by atoms with E-state index in [2.05, 4.69) is 25.7 Å². The summed E-state index contributed by atoms with van der Waals surface area (Å²) in [6.45, 7) is 5.27. The Labute approximate surface area is 171 Å². The maximum absolute atomic E-state index is 12.6. The second-order valence-electron chi connectivity index (χ2n) is 5.90. The molecular formula is C18H22N4O6S. The van der Waals surface area contributed by atoms with Gasteiger partial charge in [0.1, 0.15) is 10.8 Å². The fraction of sp³-hybridized carbons (Fsp3) is 0.333. The van der Waals surface area contributed by atoms with Crippen molar-refractivity contribution in [2.75, 3.05) is 17.2 Å². The number of aliphatic hydroxyl groups excluding tert-OH is 1. The van der Waals surface area contributed by atoms with E-state index in [1.165, 1.54) is 24.4 Å². The van der Waals surface area contributed by atoms with Gasteiger partial charge in [-0.3, -0.25) is 14.9 Å². The molecule has 0 aliphatic heterocycles. The van der Waals surface area contributed by atoms with Gasteiger partial charge < -0.3 is 25.2 Å². The Bertz CT molecular complexity index is 870. The van der Waals surface area contributed by atoms with Gasteiger partial charge in [-0.05, 0) is 44.4 Å². The summed E-state index contributed by atoms with van der Waals surface area (Å²) in [6.07, 6.45) is -0.964. The molecule has 0 aliphatic rings. The van der Waals surface area contributed by atoms with Crippen LogP contribution in [0.25, 0.3) is 0 Å². The predicted molar refractivity (Wildman–Crippen MR) is 107 cm³/mol. The number of aromatic nitrogens is 1. The molecule has 1 unspecified atom stereocenters. The molecule has 10 nitrogen and oxygen atoms in total. The van der Waals surface area contributed by atoms with E-state index in [0.29, 0.717) is 0 Å². The molecule has 0 aliphatic carbocycles. The molecule has 0 saturated carbocycles. The van der Waals surface area contributed by atoms with Crippen molar-refractivity contribution in [1.29, 1.82) is 0 Å². The molecule has 156 valence electrons. The van der Waals surface area contributed by atoms with E-state index in [4.69, 9.17) is 4.74 Å². The number of ether oxygens (including phenoxy) is 2. The number of rotatable bonds is 8. The summed E-state index contributed by atoms with van der Waals surface area (Å²) in [7, 11) is 0. The number of carbonyl (C=O) groups excluding carboxylic acids is 3. The van der Waals surface area contributed by atoms with Gasteiger partial charge in [-0.25, -0.2) is 9.78 Å². The molecule has 2 rings (SSSR count). The molecule has 29 heavy (non-hydrogen) atoms. The maximum Gasteiger partial charge on any atom is 0.414 e. The molecule has 11 heteroatoms. The SMILES string of the molecule is CCOC(=O)NC(=O)c1ccsc1NC(=O)c1ccnc(NC(O)OC(C)C)c1. The van der Waals surface area contributed by atoms with Crippen molar-refractivity contribution in [2.45, 2.75) is 33.3 Å².